The zero-order valence-electron chi connectivity index (χ0n) is 12.6. The molecule has 0 saturated heterocycles. The second-order valence-electron chi connectivity index (χ2n) is 4.68. The van der Waals surface area contributed by atoms with Crippen LogP contribution in [0.5, 0.6) is 0 Å². The lowest BCUT2D eigenvalue weighted by Crippen LogP contribution is -2.06. The van der Waals surface area contributed by atoms with Crippen LogP contribution in [0, 0.1) is 6.92 Å². The summed E-state index contributed by atoms with van der Waals surface area (Å²) in [5.41, 5.74) is 2.70. The van der Waals surface area contributed by atoms with Gasteiger partial charge in [-0.2, -0.15) is 0 Å². The lowest BCUT2D eigenvalue weighted by Gasteiger charge is -2.08. The van der Waals surface area contributed by atoms with E-state index in [-0.39, 0.29) is 5.97 Å². The third kappa shape index (κ3) is 3.82. The molecule has 0 aliphatic carbocycles. The lowest BCUT2D eigenvalue weighted by atomic mass is 10.1. The third-order valence-corrected chi connectivity index (χ3v) is 3.93. The minimum Gasteiger partial charge on any atom is -0.461 e. The van der Waals surface area contributed by atoms with Crippen molar-refractivity contribution in [1.29, 1.82) is 0 Å². The number of aromatic nitrogens is 1. The molecule has 0 atom stereocenters. The van der Waals surface area contributed by atoms with E-state index in [9.17, 15) is 4.79 Å². The summed E-state index contributed by atoms with van der Waals surface area (Å²) in [5, 5.41) is 4.04. The van der Waals surface area contributed by atoms with Crippen molar-refractivity contribution >= 4 is 28.1 Å². The number of hydrogen-bond acceptors (Lipinski definition) is 5. The van der Waals surface area contributed by atoms with Gasteiger partial charge >= 0.3 is 5.97 Å². The normalized spacial score (nSPS) is 10.4. The topological polar surface area (TPSA) is 51.2 Å². The van der Waals surface area contributed by atoms with Gasteiger partial charge in [-0.1, -0.05) is 31.5 Å². The van der Waals surface area contributed by atoms with Gasteiger partial charge in [-0.25, -0.2) is 9.78 Å². The Bertz CT molecular complexity index is 622. The van der Waals surface area contributed by atoms with Crippen LogP contribution in [0.25, 0.3) is 0 Å². The van der Waals surface area contributed by atoms with E-state index >= 15 is 0 Å². The molecule has 4 nitrogen and oxygen atoms in total. The number of anilines is 2. The fourth-order valence-corrected chi connectivity index (χ4v) is 2.90. The van der Waals surface area contributed by atoms with E-state index in [1.54, 1.807) is 6.92 Å². The Kier molecular flexibility index (Phi) is 5.33. The number of hydrogen-bond donors (Lipinski definition) is 1. The molecule has 0 bridgehead atoms. The first kappa shape index (κ1) is 15.5. The van der Waals surface area contributed by atoms with Crippen LogP contribution >= 0.6 is 11.3 Å². The van der Waals surface area contributed by atoms with E-state index in [4.69, 9.17) is 4.74 Å². The van der Waals surface area contributed by atoms with Gasteiger partial charge in [0, 0.05) is 10.6 Å². The summed E-state index contributed by atoms with van der Waals surface area (Å²) in [6.07, 6.45) is 2.10. The van der Waals surface area contributed by atoms with Gasteiger partial charge in [-0.05, 0) is 31.9 Å². The Morgan fingerprint density at radius 2 is 2.10 bits per heavy atom. The van der Waals surface area contributed by atoms with Gasteiger partial charge in [0.15, 0.2) is 10.8 Å². The predicted molar refractivity (Wildman–Crippen MR) is 86.5 cm³/mol. The number of aryl methyl sites for hydroxylation is 2. The number of rotatable bonds is 6. The Morgan fingerprint density at radius 3 is 2.81 bits per heavy atom. The fourth-order valence-electron chi connectivity index (χ4n) is 2.08. The number of ether oxygens (including phenoxy) is 1. The maximum Gasteiger partial charge on any atom is 0.358 e. The van der Waals surface area contributed by atoms with Crippen LogP contribution < -0.4 is 5.32 Å². The molecule has 0 radical (unpaired) electrons. The molecule has 1 heterocycles. The Morgan fingerprint density at radius 1 is 1.33 bits per heavy atom. The van der Waals surface area contributed by atoms with Crippen molar-refractivity contribution in [3.8, 4) is 0 Å². The molecule has 0 aliphatic heterocycles. The smallest absolute Gasteiger partial charge is 0.358 e. The molecule has 0 saturated carbocycles. The van der Waals surface area contributed by atoms with Crippen LogP contribution in [0.2, 0.25) is 0 Å². The average molecular weight is 304 g/mol. The quantitative estimate of drug-likeness (QED) is 0.807. The molecule has 1 aromatic carbocycles. The van der Waals surface area contributed by atoms with E-state index in [2.05, 4.69) is 23.3 Å². The molecular formula is C16H20N2O2S. The number of benzene rings is 1. The van der Waals surface area contributed by atoms with Crippen molar-refractivity contribution in [2.75, 3.05) is 11.9 Å². The van der Waals surface area contributed by atoms with Crippen molar-refractivity contribution in [1.82, 2.24) is 4.98 Å². The highest BCUT2D eigenvalue weighted by Crippen LogP contribution is 2.28. The molecule has 1 N–H and O–H groups in total. The Balaban J connectivity index is 2.21. The van der Waals surface area contributed by atoms with Crippen molar-refractivity contribution in [2.24, 2.45) is 0 Å². The van der Waals surface area contributed by atoms with Gasteiger partial charge in [0.2, 0.25) is 0 Å². The van der Waals surface area contributed by atoms with E-state index in [0.717, 1.165) is 28.5 Å². The molecule has 0 spiro atoms. The third-order valence-electron chi connectivity index (χ3n) is 3.04. The van der Waals surface area contributed by atoms with Gasteiger partial charge in [-0.3, -0.25) is 0 Å². The molecule has 2 aromatic rings. The van der Waals surface area contributed by atoms with Crippen LogP contribution in [0.4, 0.5) is 10.8 Å². The van der Waals surface area contributed by atoms with E-state index in [1.807, 2.05) is 25.1 Å². The van der Waals surface area contributed by atoms with Gasteiger partial charge in [0.25, 0.3) is 0 Å². The standard InChI is InChI=1S/C16H20N2O2S/c1-4-8-12-9-6-7-10-13(12)17-16-18-14(11(3)21-16)15(19)20-5-2/h6-7,9-10H,4-5,8H2,1-3H3,(H,17,18). The van der Waals surface area contributed by atoms with Crippen molar-refractivity contribution in [2.45, 2.75) is 33.6 Å². The number of nitrogens with zero attached hydrogens (tertiary/aromatic N) is 1. The molecule has 21 heavy (non-hydrogen) atoms. The first-order valence-electron chi connectivity index (χ1n) is 7.15. The van der Waals surface area contributed by atoms with Crippen LogP contribution in [0.15, 0.2) is 24.3 Å². The molecule has 0 aliphatic rings. The Labute approximate surface area is 129 Å². The fraction of sp³-hybridized carbons (Fsp3) is 0.375. The first-order valence-corrected chi connectivity index (χ1v) is 7.96. The number of thiazole rings is 1. The maximum absolute atomic E-state index is 11.8. The van der Waals surface area contributed by atoms with Crippen molar-refractivity contribution in [3.05, 3.63) is 40.4 Å². The minimum absolute atomic E-state index is 0.359. The summed E-state index contributed by atoms with van der Waals surface area (Å²) in [7, 11) is 0. The van der Waals surface area contributed by atoms with Crippen molar-refractivity contribution in [3.63, 3.8) is 0 Å². The molecule has 0 fully saturated rings. The Hall–Kier alpha value is -1.88. The number of carbonyl (C=O) groups is 1. The summed E-state index contributed by atoms with van der Waals surface area (Å²) < 4.78 is 5.01. The van der Waals surface area contributed by atoms with E-state index < -0.39 is 0 Å². The lowest BCUT2D eigenvalue weighted by molar-refractivity contribution is 0.0519. The molecule has 0 amide bonds. The zero-order chi connectivity index (χ0) is 15.2. The van der Waals surface area contributed by atoms with E-state index in [1.165, 1.54) is 16.9 Å². The summed E-state index contributed by atoms with van der Waals surface area (Å²) in [6.45, 7) is 6.19. The molecule has 1 aromatic heterocycles. The number of carbonyl (C=O) groups excluding carboxylic acids is 1. The summed E-state index contributed by atoms with van der Waals surface area (Å²) in [4.78, 5) is 17.0. The number of esters is 1. The predicted octanol–water partition coefficient (Wildman–Crippen LogP) is 4.32. The summed E-state index contributed by atoms with van der Waals surface area (Å²) in [6, 6.07) is 8.17. The van der Waals surface area contributed by atoms with Gasteiger partial charge in [0.05, 0.1) is 6.61 Å². The molecule has 0 unspecified atom stereocenters. The average Bonchev–Trinajstić information content (AvgIpc) is 2.82. The highest BCUT2D eigenvalue weighted by Gasteiger charge is 2.16. The SMILES string of the molecule is CCCc1ccccc1Nc1nc(C(=O)OCC)c(C)s1. The maximum atomic E-state index is 11.8. The molecular weight excluding hydrogens is 284 g/mol. The van der Waals surface area contributed by atoms with Gasteiger partial charge < -0.3 is 10.1 Å². The van der Waals surface area contributed by atoms with Gasteiger partial charge in [0.1, 0.15) is 0 Å². The summed E-state index contributed by atoms with van der Waals surface area (Å²) >= 11 is 1.47. The highest BCUT2D eigenvalue weighted by molar-refractivity contribution is 7.15. The summed E-state index contributed by atoms with van der Waals surface area (Å²) in [5.74, 6) is -0.360. The zero-order valence-corrected chi connectivity index (χ0v) is 13.4. The molecule has 5 heteroatoms. The number of nitrogens with one attached hydrogen (secondary N) is 1. The van der Waals surface area contributed by atoms with Crippen LogP contribution in [0.1, 0.15) is 41.2 Å². The second kappa shape index (κ2) is 7.22. The monoisotopic (exact) mass is 304 g/mol. The van der Waals surface area contributed by atoms with Crippen LogP contribution in [0.3, 0.4) is 0 Å². The number of para-hydroxylation sites is 1. The molecule has 112 valence electrons. The highest BCUT2D eigenvalue weighted by atomic mass is 32.1. The largest absolute Gasteiger partial charge is 0.461 e. The molecule has 2 rings (SSSR count). The van der Waals surface area contributed by atoms with Gasteiger partial charge in [-0.15, -0.1) is 11.3 Å². The first-order chi connectivity index (χ1) is 10.2. The van der Waals surface area contributed by atoms with E-state index in [0.29, 0.717) is 12.3 Å². The minimum atomic E-state index is -0.360. The van der Waals surface area contributed by atoms with Crippen LogP contribution in [-0.4, -0.2) is 17.6 Å². The van der Waals surface area contributed by atoms with Crippen LogP contribution in [-0.2, 0) is 11.2 Å². The van der Waals surface area contributed by atoms with Crippen molar-refractivity contribution < 1.29 is 9.53 Å². The second-order valence-corrected chi connectivity index (χ2v) is 5.88.